The maximum Gasteiger partial charge on any atom is 0.225 e. The minimum Gasteiger partial charge on any atom is -0.391 e. The van der Waals surface area contributed by atoms with Crippen LogP contribution in [0.4, 0.5) is 5.82 Å². The van der Waals surface area contributed by atoms with Gasteiger partial charge in [-0.1, -0.05) is 24.3 Å². The number of nitrogens with zero attached hydrogens (tertiary/aromatic N) is 3. The van der Waals surface area contributed by atoms with E-state index in [0.717, 1.165) is 31.7 Å². The summed E-state index contributed by atoms with van der Waals surface area (Å²) in [6.07, 6.45) is 3.95. The van der Waals surface area contributed by atoms with Gasteiger partial charge in [-0.25, -0.2) is 4.98 Å². The molecule has 1 unspecified atom stereocenters. The molecule has 1 N–H and O–H groups in total. The first-order valence-corrected chi connectivity index (χ1v) is 8.78. The summed E-state index contributed by atoms with van der Waals surface area (Å²) < 4.78 is 0. The van der Waals surface area contributed by atoms with Crippen LogP contribution in [0.2, 0.25) is 0 Å². The van der Waals surface area contributed by atoms with Crippen molar-refractivity contribution in [2.45, 2.75) is 25.4 Å². The molecular weight excluding hydrogens is 302 g/mol. The first-order valence-electron chi connectivity index (χ1n) is 8.78. The lowest BCUT2D eigenvalue weighted by Crippen LogP contribution is -2.42. The van der Waals surface area contributed by atoms with E-state index in [9.17, 15) is 9.90 Å². The number of carbonyl (C=O) groups is 1. The zero-order valence-electron chi connectivity index (χ0n) is 13.8. The highest BCUT2D eigenvalue weighted by Gasteiger charge is 2.32. The lowest BCUT2D eigenvalue weighted by atomic mass is 9.95. The molecule has 2 saturated heterocycles. The van der Waals surface area contributed by atoms with Crippen LogP contribution in [0.3, 0.4) is 0 Å². The molecule has 0 bridgehead atoms. The first kappa shape index (κ1) is 15.4. The van der Waals surface area contributed by atoms with Crippen molar-refractivity contribution in [3.8, 4) is 0 Å². The summed E-state index contributed by atoms with van der Waals surface area (Å²) in [5.74, 6) is 1.33. The molecule has 5 heteroatoms. The van der Waals surface area contributed by atoms with Crippen LogP contribution in [0.15, 0.2) is 36.5 Å². The molecule has 4 rings (SSSR count). The van der Waals surface area contributed by atoms with Crippen molar-refractivity contribution in [1.82, 2.24) is 9.88 Å². The number of hydrogen-bond donors (Lipinski definition) is 1. The minimum absolute atomic E-state index is 0.0847. The molecule has 0 saturated carbocycles. The molecule has 2 fully saturated rings. The number of benzene rings is 1. The molecule has 0 spiro atoms. The number of carbonyl (C=O) groups excluding carboxylic acids is 1. The monoisotopic (exact) mass is 325 g/mol. The maximum absolute atomic E-state index is 12.6. The summed E-state index contributed by atoms with van der Waals surface area (Å²) >= 11 is 0. The van der Waals surface area contributed by atoms with Gasteiger partial charge in [0.05, 0.1) is 6.10 Å². The van der Waals surface area contributed by atoms with Gasteiger partial charge in [-0.2, -0.15) is 0 Å². The summed E-state index contributed by atoms with van der Waals surface area (Å²) in [4.78, 5) is 21.3. The summed E-state index contributed by atoms with van der Waals surface area (Å²) in [6.45, 7) is 2.91. The number of piperidine rings is 1. The molecule has 0 radical (unpaired) electrons. The number of anilines is 1. The summed E-state index contributed by atoms with van der Waals surface area (Å²) in [5.41, 5.74) is 0. The van der Waals surface area contributed by atoms with Crippen LogP contribution in [0.5, 0.6) is 0 Å². The van der Waals surface area contributed by atoms with Crippen molar-refractivity contribution < 1.29 is 9.90 Å². The van der Waals surface area contributed by atoms with Crippen LogP contribution in [-0.2, 0) is 4.79 Å². The quantitative estimate of drug-likeness (QED) is 0.918. The number of aromatic nitrogens is 1. The van der Waals surface area contributed by atoms with Gasteiger partial charge in [-0.05, 0) is 30.7 Å². The van der Waals surface area contributed by atoms with E-state index in [1.807, 2.05) is 29.3 Å². The van der Waals surface area contributed by atoms with Crippen LogP contribution >= 0.6 is 0 Å². The predicted molar refractivity (Wildman–Crippen MR) is 93.9 cm³/mol. The van der Waals surface area contributed by atoms with Gasteiger partial charge in [0.25, 0.3) is 0 Å². The molecule has 3 heterocycles. The number of fused-ring (bicyclic) bond motifs is 1. The van der Waals surface area contributed by atoms with Crippen LogP contribution < -0.4 is 4.90 Å². The highest BCUT2D eigenvalue weighted by atomic mass is 16.3. The lowest BCUT2D eigenvalue weighted by molar-refractivity contribution is -0.135. The fraction of sp³-hybridized carbons (Fsp3) is 0.474. The Kier molecular flexibility index (Phi) is 4.10. The van der Waals surface area contributed by atoms with E-state index in [2.05, 4.69) is 22.0 Å². The molecule has 126 valence electrons. The molecule has 1 amide bonds. The number of aliphatic hydroxyl groups excluding tert-OH is 1. The number of rotatable bonds is 2. The Morgan fingerprint density at radius 3 is 2.62 bits per heavy atom. The molecule has 2 aromatic rings. The Labute approximate surface area is 141 Å². The average Bonchev–Trinajstić information content (AvgIpc) is 3.07. The zero-order valence-corrected chi connectivity index (χ0v) is 13.8. The fourth-order valence-electron chi connectivity index (χ4n) is 3.89. The largest absolute Gasteiger partial charge is 0.391 e. The smallest absolute Gasteiger partial charge is 0.225 e. The SMILES string of the molecule is O=C(C1CCN(c2nccc3ccccc23)CC1)N1CCC(O)C1. The second-order valence-electron chi connectivity index (χ2n) is 6.84. The molecular formula is C19H23N3O2. The molecule has 2 aliphatic rings. The van der Waals surface area contributed by atoms with Crippen molar-refractivity contribution in [3.63, 3.8) is 0 Å². The highest BCUT2D eigenvalue weighted by molar-refractivity contribution is 5.92. The molecule has 2 aliphatic heterocycles. The van der Waals surface area contributed by atoms with Gasteiger partial charge >= 0.3 is 0 Å². The third-order valence-corrected chi connectivity index (χ3v) is 5.27. The van der Waals surface area contributed by atoms with E-state index >= 15 is 0 Å². The van der Waals surface area contributed by atoms with Crippen molar-refractivity contribution in [2.75, 3.05) is 31.1 Å². The summed E-state index contributed by atoms with van der Waals surface area (Å²) in [6, 6.07) is 10.3. The predicted octanol–water partition coefficient (Wildman–Crippen LogP) is 2.04. The van der Waals surface area contributed by atoms with Gasteiger partial charge in [0.15, 0.2) is 0 Å². The van der Waals surface area contributed by atoms with Crippen molar-refractivity contribution in [2.24, 2.45) is 5.92 Å². The van der Waals surface area contributed by atoms with Crippen molar-refractivity contribution in [1.29, 1.82) is 0 Å². The Bertz CT molecular complexity index is 735. The number of amides is 1. The van der Waals surface area contributed by atoms with E-state index in [4.69, 9.17) is 0 Å². The van der Waals surface area contributed by atoms with Gasteiger partial charge in [0, 0.05) is 43.7 Å². The first-order chi connectivity index (χ1) is 11.7. The van der Waals surface area contributed by atoms with E-state index in [1.165, 1.54) is 10.8 Å². The number of aliphatic hydroxyl groups is 1. The number of β-amino-alcohol motifs (C(OH)–C–C–N with tert-alkyl or cyclic N) is 1. The van der Waals surface area contributed by atoms with Crippen molar-refractivity contribution in [3.05, 3.63) is 36.5 Å². The van der Waals surface area contributed by atoms with E-state index < -0.39 is 0 Å². The molecule has 1 aromatic heterocycles. The Hall–Kier alpha value is -2.14. The number of pyridine rings is 1. The Morgan fingerprint density at radius 2 is 1.88 bits per heavy atom. The topological polar surface area (TPSA) is 56.7 Å². The number of likely N-dealkylation sites (tertiary alicyclic amines) is 1. The minimum atomic E-state index is -0.339. The van der Waals surface area contributed by atoms with Gasteiger partial charge in [0.1, 0.15) is 5.82 Å². The van der Waals surface area contributed by atoms with Crippen LogP contribution in [0.25, 0.3) is 10.8 Å². The normalized spacial score (nSPS) is 22.3. The maximum atomic E-state index is 12.6. The molecule has 5 nitrogen and oxygen atoms in total. The van der Waals surface area contributed by atoms with Gasteiger partial charge in [-0.3, -0.25) is 4.79 Å². The lowest BCUT2D eigenvalue weighted by Gasteiger charge is -2.34. The van der Waals surface area contributed by atoms with E-state index in [1.54, 1.807) is 0 Å². The third kappa shape index (κ3) is 2.84. The Morgan fingerprint density at radius 1 is 1.08 bits per heavy atom. The molecule has 1 atom stereocenters. The Balaban J connectivity index is 1.45. The van der Waals surface area contributed by atoms with Crippen LogP contribution in [0, 0.1) is 5.92 Å². The fourth-order valence-corrected chi connectivity index (χ4v) is 3.89. The molecule has 24 heavy (non-hydrogen) atoms. The average molecular weight is 325 g/mol. The summed E-state index contributed by atoms with van der Waals surface area (Å²) in [7, 11) is 0. The second-order valence-corrected chi connectivity index (χ2v) is 6.84. The zero-order chi connectivity index (χ0) is 16.5. The second kappa shape index (κ2) is 6.40. The van der Waals surface area contributed by atoms with Gasteiger partial charge in [-0.15, -0.1) is 0 Å². The molecule has 0 aliphatic carbocycles. The van der Waals surface area contributed by atoms with E-state index in [0.29, 0.717) is 19.5 Å². The van der Waals surface area contributed by atoms with Gasteiger partial charge in [0.2, 0.25) is 5.91 Å². The highest BCUT2D eigenvalue weighted by Crippen LogP contribution is 2.29. The van der Waals surface area contributed by atoms with Crippen molar-refractivity contribution >= 4 is 22.5 Å². The molecule has 1 aromatic carbocycles. The summed E-state index contributed by atoms with van der Waals surface area (Å²) in [5, 5.41) is 12.0. The standard InChI is InChI=1S/C19H23N3O2/c23-16-8-12-22(13-16)19(24)15-6-10-21(11-7-15)18-17-4-2-1-3-14(17)5-9-20-18/h1-5,9,15-16,23H,6-8,10-13H2. The van der Waals surface area contributed by atoms with Gasteiger partial charge < -0.3 is 14.9 Å². The third-order valence-electron chi connectivity index (χ3n) is 5.27. The van der Waals surface area contributed by atoms with E-state index in [-0.39, 0.29) is 17.9 Å². The number of hydrogen-bond acceptors (Lipinski definition) is 4. The van der Waals surface area contributed by atoms with Crippen LogP contribution in [0.1, 0.15) is 19.3 Å². The van der Waals surface area contributed by atoms with Crippen LogP contribution in [-0.4, -0.2) is 53.2 Å².